The summed E-state index contributed by atoms with van der Waals surface area (Å²) in [6, 6.07) is 7.67. The van der Waals surface area contributed by atoms with Gasteiger partial charge in [-0.2, -0.15) is 0 Å². The molecule has 1 aromatic heterocycles. The van der Waals surface area contributed by atoms with Crippen LogP contribution in [0.4, 0.5) is 0 Å². The van der Waals surface area contributed by atoms with Crippen LogP contribution in [0.3, 0.4) is 0 Å². The number of halogens is 1. The van der Waals surface area contributed by atoms with Gasteiger partial charge in [0.2, 0.25) is 0 Å². The smallest absolute Gasteiger partial charge is 0.119 e. The van der Waals surface area contributed by atoms with E-state index in [1.807, 2.05) is 24.3 Å². The van der Waals surface area contributed by atoms with Crippen LogP contribution < -0.4 is 4.74 Å². The first-order chi connectivity index (χ1) is 7.61. The number of hydrogen-bond donors (Lipinski definition) is 0. The first-order valence-corrected chi connectivity index (χ1v) is 5.64. The Morgan fingerprint density at radius 3 is 2.62 bits per heavy atom. The molecule has 0 saturated heterocycles. The van der Waals surface area contributed by atoms with Crippen LogP contribution in [-0.2, 0) is 0 Å². The number of methoxy groups -OCH3 is 1. The predicted molar refractivity (Wildman–Crippen MR) is 67.4 cm³/mol. The Morgan fingerprint density at radius 1 is 1.25 bits per heavy atom. The Balaban J connectivity index is 2.66. The van der Waals surface area contributed by atoms with Gasteiger partial charge in [-0.15, -0.1) is 0 Å². The summed E-state index contributed by atoms with van der Waals surface area (Å²) < 4.78 is 5.17. The molecule has 0 fully saturated rings. The van der Waals surface area contributed by atoms with Crippen molar-refractivity contribution in [2.24, 2.45) is 0 Å². The summed E-state index contributed by atoms with van der Waals surface area (Å²) >= 11 is 6.24. The molecule has 16 heavy (non-hydrogen) atoms. The lowest BCUT2D eigenvalue weighted by Crippen LogP contribution is -1.94. The van der Waals surface area contributed by atoms with Crippen molar-refractivity contribution in [1.29, 1.82) is 0 Å². The molecule has 0 saturated carbocycles. The molecular weight excluding hydrogens is 222 g/mol. The highest BCUT2D eigenvalue weighted by atomic mass is 35.5. The van der Waals surface area contributed by atoms with Crippen LogP contribution in [-0.4, -0.2) is 12.1 Å². The fourth-order valence-electron chi connectivity index (χ4n) is 1.61. The third-order valence-electron chi connectivity index (χ3n) is 2.58. The van der Waals surface area contributed by atoms with Crippen LogP contribution in [0, 0.1) is 0 Å². The molecule has 0 aliphatic rings. The van der Waals surface area contributed by atoms with Crippen LogP contribution in [0.1, 0.15) is 25.5 Å². The fraction of sp³-hybridized carbons (Fsp3) is 0.308. The number of rotatable bonds is 2. The van der Waals surface area contributed by atoms with Gasteiger partial charge in [0.1, 0.15) is 5.75 Å². The number of pyridine rings is 1. The molecule has 0 radical (unpaired) electrons. The van der Waals surface area contributed by atoms with Gasteiger partial charge in [0.05, 0.1) is 17.6 Å². The minimum Gasteiger partial charge on any atom is -0.497 e. The fourth-order valence-corrected chi connectivity index (χ4v) is 1.87. The lowest BCUT2D eigenvalue weighted by Gasteiger charge is -2.09. The van der Waals surface area contributed by atoms with E-state index >= 15 is 0 Å². The van der Waals surface area contributed by atoms with Crippen molar-refractivity contribution in [2.75, 3.05) is 7.11 Å². The molecular formula is C13H14ClNO. The van der Waals surface area contributed by atoms with Gasteiger partial charge in [0.25, 0.3) is 0 Å². The van der Waals surface area contributed by atoms with E-state index in [9.17, 15) is 0 Å². The quantitative estimate of drug-likeness (QED) is 0.784. The third kappa shape index (κ3) is 1.98. The van der Waals surface area contributed by atoms with Crippen LogP contribution in [0.2, 0.25) is 5.02 Å². The maximum Gasteiger partial charge on any atom is 0.119 e. The van der Waals surface area contributed by atoms with Crippen LogP contribution >= 0.6 is 11.6 Å². The Kier molecular flexibility index (Phi) is 3.01. The number of hydrogen-bond acceptors (Lipinski definition) is 2. The second-order valence-electron chi connectivity index (χ2n) is 4.07. The van der Waals surface area contributed by atoms with Crippen molar-refractivity contribution in [1.82, 2.24) is 4.98 Å². The zero-order valence-electron chi connectivity index (χ0n) is 9.62. The Labute approximate surface area is 100 Å². The molecule has 0 aliphatic carbocycles. The van der Waals surface area contributed by atoms with Gasteiger partial charge in [-0.05, 0) is 30.2 Å². The Bertz CT molecular complexity index is 523. The molecule has 84 valence electrons. The molecule has 0 aliphatic heterocycles. The molecule has 0 atom stereocenters. The van der Waals surface area contributed by atoms with E-state index in [2.05, 4.69) is 18.8 Å². The highest BCUT2D eigenvalue weighted by Gasteiger charge is 2.07. The molecule has 0 bridgehead atoms. The standard InChI is InChI=1S/C13H14ClNO/c1-8(2)13-7-11(14)10-6-9(16-3)4-5-12(10)15-13/h4-8H,1-3H3. The lowest BCUT2D eigenvalue weighted by atomic mass is 10.1. The van der Waals surface area contributed by atoms with Crippen molar-refractivity contribution in [2.45, 2.75) is 19.8 Å². The van der Waals surface area contributed by atoms with Crippen molar-refractivity contribution in [3.8, 4) is 5.75 Å². The Hall–Kier alpha value is -1.28. The summed E-state index contributed by atoms with van der Waals surface area (Å²) in [7, 11) is 1.64. The first kappa shape index (κ1) is 11.2. The largest absolute Gasteiger partial charge is 0.497 e. The molecule has 0 spiro atoms. The topological polar surface area (TPSA) is 22.1 Å². The number of benzene rings is 1. The van der Waals surface area contributed by atoms with Gasteiger partial charge in [-0.1, -0.05) is 25.4 Å². The third-order valence-corrected chi connectivity index (χ3v) is 2.89. The van der Waals surface area contributed by atoms with Gasteiger partial charge >= 0.3 is 0 Å². The molecule has 1 heterocycles. The van der Waals surface area contributed by atoms with Crippen molar-refractivity contribution in [3.05, 3.63) is 35.0 Å². The Morgan fingerprint density at radius 2 is 2.00 bits per heavy atom. The molecule has 0 unspecified atom stereocenters. The number of aromatic nitrogens is 1. The average Bonchev–Trinajstić information content (AvgIpc) is 2.28. The van der Waals surface area contributed by atoms with Gasteiger partial charge in [-0.3, -0.25) is 4.98 Å². The molecule has 2 nitrogen and oxygen atoms in total. The van der Waals surface area contributed by atoms with Crippen molar-refractivity contribution >= 4 is 22.5 Å². The second-order valence-corrected chi connectivity index (χ2v) is 4.47. The average molecular weight is 236 g/mol. The number of fused-ring (bicyclic) bond motifs is 1. The molecule has 1 aromatic carbocycles. The van der Waals surface area contributed by atoms with Crippen molar-refractivity contribution in [3.63, 3.8) is 0 Å². The maximum absolute atomic E-state index is 6.24. The van der Waals surface area contributed by atoms with Crippen LogP contribution in [0.15, 0.2) is 24.3 Å². The normalized spacial score (nSPS) is 11.1. The van der Waals surface area contributed by atoms with Gasteiger partial charge < -0.3 is 4.74 Å². The molecule has 3 heteroatoms. The van der Waals surface area contributed by atoms with E-state index in [0.29, 0.717) is 5.92 Å². The summed E-state index contributed by atoms with van der Waals surface area (Å²) in [6.07, 6.45) is 0. The SMILES string of the molecule is COc1ccc2nc(C(C)C)cc(Cl)c2c1. The minimum atomic E-state index is 0.379. The zero-order valence-corrected chi connectivity index (χ0v) is 10.4. The molecule has 0 amide bonds. The highest BCUT2D eigenvalue weighted by Crippen LogP contribution is 2.28. The van der Waals surface area contributed by atoms with Crippen LogP contribution in [0.5, 0.6) is 5.75 Å². The first-order valence-electron chi connectivity index (χ1n) is 5.26. The van der Waals surface area contributed by atoms with Gasteiger partial charge in [0.15, 0.2) is 0 Å². The monoisotopic (exact) mass is 235 g/mol. The van der Waals surface area contributed by atoms with E-state index in [-0.39, 0.29) is 0 Å². The lowest BCUT2D eigenvalue weighted by molar-refractivity contribution is 0.415. The van der Waals surface area contributed by atoms with E-state index < -0.39 is 0 Å². The van der Waals surface area contributed by atoms with Crippen LogP contribution in [0.25, 0.3) is 10.9 Å². The van der Waals surface area contributed by atoms with E-state index in [1.165, 1.54) is 0 Å². The summed E-state index contributed by atoms with van der Waals surface area (Å²) in [6.45, 7) is 4.21. The van der Waals surface area contributed by atoms with Crippen molar-refractivity contribution < 1.29 is 4.74 Å². The van der Waals surface area contributed by atoms with E-state index in [0.717, 1.165) is 27.4 Å². The summed E-state index contributed by atoms with van der Waals surface area (Å²) in [5.41, 5.74) is 1.93. The van der Waals surface area contributed by atoms with E-state index in [4.69, 9.17) is 16.3 Å². The number of ether oxygens (including phenoxy) is 1. The zero-order chi connectivity index (χ0) is 11.7. The van der Waals surface area contributed by atoms with Gasteiger partial charge in [0, 0.05) is 11.1 Å². The summed E-state index contributed by atoms with van der Waals surface area (Å²) in [5.74, 6) is 1.18. The molecule has 2 aromatic rings. The highest BCUT2D eigenvalue weighted by molar-refractivity contribution is 6.35. The molecule has 0 N–H and O–H groups in total. The molecule has 2 rings (SSSR count). The van der Waals surface area contributed by atoms with E-state index in [1.54, 1.807) is 7.11 Å². The van der Waals surface area contributed by atoms with Gasteiger partial charge in [-0.25, -0.2) is 0 Å². The maximum atomic E-state index is 6.24. The summed E-state index contributed by atoms with van der Waals surface area (Å²) in [4.78, 5) is 4.57. The minimum absolute atomic E-state index is 0.379. The number of nitrogens with zero attached hydrogens (tertiary/aromatic N) is 1. The second kappa shape index (κ2) is 4.30. The predicted octanol–water partition coefficient (Wildman–Crippen LogP) is 4.02. The summed E-state index contributed by atoms with van der Waals surface area (Å²) in [5, 5.41) is 1.66.